The average Bonchev–Trinajstić information content (AvgIpc) is 3.37. The maximum absolute atomic E-state index is 12.9. The molecule has 0 aromatic heterocycles. The first-order valence-corrected chi connectivity index (χ1v) is 30.4. The average molecular weight is 992 g/mol. The zero-order chi connectivity index (χ0) is 51.4. The van der Waals surface area contributed by atoms with Gasteiger partial charge < -0.3 is 14.2 Å². The van der Waals surface area contributed by atoms with E-state index in [1.54, 1.807) is 0 Å². The van der Waals surface area contributed by atoms with E-state index in [-0.39, 0.29) is 31.1 Å². The topological polar surface area (TPSA) is 78.9 Å². The van der Waals surface area contributed by atoms with E-state index in [0.717, 1.165) is 96.3 Å². The number of hydrogen-bond acceptors (Lipinski definition) is 6. The van der Waals surface area contributed by atoms with Crippen molar-refractivity contribution in [3.8, 4) is 0 Å². The fourth-order valence-corrected chi connectivity index (χ4v) is 8.53. The van der Waals surface area contributed by atoms with Crippen molar-refractivity contribution in [2.24, 2.45) is 0 Å². The van der Waals surface area contributed by atoms with Gasteiger partial charge in [-0.25, -0.2) is 0 Å². The van der Waals surface area contributed by atoms with Gasteiger partial charge in [-0.05, 0) is 116 Å². The van der Waals surface area contributed by atoms with Crippen LogP contribution in [0.5, 0.6) is 0 Å². The van der Waals surface area contributed by atoms with Crippen LogP contribution in [0.15, 0.2) is 72.9 Å². The van der Waals surface area contributed by atoms with Gasteiger partial charge in [-0.1, -0.05) is 241 Å². The van der Waals surface area contributed by atoms with E-state index >= 15 is 0 Å². The van der Waals surface area contributed by atoms with E-state index in [2.05, 4.69) is 93.7 Å². The van der Waals surface area contributed by atoms with Crippen LogP contribution in [0.4, 0.5) is 0 Å². The third-order valence-corrected chi connectivity index (χ3v) is 13.2. The largest absolute Gasteiger partial charge is 0.462 e. The first kappa shape index (κ1) is 67.8. The Morgan fingerprint density at radius 1 is 0.282 bits per heavy atom. The molecule has 71 heavy (non-hydrogen) atoms. The highest BCUT2D eigenvalue weighted by Gasteiger charge is 2.19. The van der Waals surface area contributed by atoms with Crippen LogP contribution in [-0.4, -0.2) is 37.2 Å². The highest BCUT2D eigenvalue weighted by atomic mass is 16.6. The summed E-state index contributed by atoms with van der Waals surface area (Å²) in [5.74, 6) is -0.900. The van der Waals surface area contributed by atoms with Crippen molar-refractivity contribution in [3.63, 3.8) is 0 Å². The molecule has 1 unspecified atom stereocenters. The number of ether oxygens (including phenoxy) is 3. The zero-order valence-corrected chi connectivity index (χ0v) is 47.0. The van der Waals surface area contributed by atoms with Crippen molar-refractivity contribution in [1.82, 2.24) is 0 Å². The Labute approximate surface area is 440 Å². The molecule has 0 aliphatic rings. The zero-order valence-electron chi connectivity index (χ0n) is 47.0. The predicted molar refractivity (Wildman–Crippen MR) is 307 cm³/mol. The molecule has 0 bridgehead atoms. The Hall–Kier alpha value is -3.15. The summed E-state index contributed by atoms with van der Waals surface area (Å²) in [7, 11) is 0. The number of unbranched alkanes of at least 4 members (excludes halogenated alkanes) is 32. The summed E-state index contributed by atoms with van der Waals surface area (Å²) in [6, 6.07) is 0. The van der Waals surface area contributed by atoms with Crippen LogP contribution in [0.3, 0.4) is 0 Å². The van der Waals surface area contributed by atoms with Crippen molar-refractivity contribution in [2.45, 2.75) is 309 Å². The molecular weight excluding hydrogens is 877 g/mol. The van der Waals surface area contributed by atoms with Crippen molar-refractivity contribution >= 4 is 17.9 Å². The van der Waals surface area contributed by atoms with Crippen LogP contribution in [0.2, 0.25) is 0 Å². The van der Waals surface area contributed by atoms with Gasteiger partial charge in [-0.15, -0.1) is 0 Å². The molecule has 0 aromatic carbocycles. The van der Waals surface area contributed by atoms with Gasteiger partial charge in [0.1, 0.15) is 13.2 Å². The quantitative estimate of drug-likeness (QED) is 0.0261. The highest BCUT2D eigenvalue weighted by molar-refractivity contribution is 5.71. The molecule has 0 aliphatic carbocycles. The number of hydrogen-bond donors (Lipinski definition) is 0. The second-order valence-electron chi connectivity index (χ2n) is 20.2. The number of allylic oxidation sites excluding steroid dienone is 12. The van der Waals surface area contributed by atoms with Crippen LogP contribution in [-0.2, 0) is 28.6 Å². The minimum Gasteiger partial charge on any atom is -0.462 e. The second-order valence-corrected chi connectivity index (χ2v) is 20.2. The van der Waals surface area contributed by atoms with Gasteiger partial charge in [-0.2, -0.15) is 0 Å². The number of esters is 3. The summed E-state index contributed by atoms with van der Waals surface area (Å²) in [6.07, 6.45) is 76.0. The summed E-state index contributed by atoms with van der Waals surface area (Å²) in [5, 5.41) is 0. The summed E-state index contributed by atoms with van der Waals surface area (Å²) in [5.41, 5.74) is 0. The van der Waals surface area contributed by atoms with Gasteiger partial charge in [-0.3, -0.25) is 14.4 Å². The summed E-state index contributed by atoms with van der Waals surface area (Å²) >= 11 is 0. The molecule has 0 aliphatic heterocycles. The van der Waals surface area contributed by atoms with Crippen LogP contribution in [0.1, 0.15) is 303 Å². The molecule has 0 fully saturated rings. The maximum atomic E-state index is 12.9. The Morgan fingerprint density at radius 2 is 0.507 bits per heavy atom. The van der Waals surface area contributed by atoms with Crippen LogP contribution in [0.25, 0.3) is 0 Å². The lowest BCUT2D eigenvalue weighted by Crippen LogP contribution is -2.30. The third-order valence-electron chi connectivity index (χ3n) is 13.2. The van der Waals surface area contributed by atoms with Gasteiger partial charge in [0, 0.05) is 19.3 Å². The molecule has 0 spiro atoms. The molecule has 6 heteroatoms. The van der Waals surface area contributed by atoms with Crippen molar-refractivity contribution < 1.29 is 28.6 Å². The van der Waals surface area contributed by atoms with Crippen LogP contribution < -0.4 is 0 Å². The van der Waals surface area contributed by atoms with Gasteiger partial charge in [0.05, 0.1) is 0 Å². The lowest BCUT2D eigenvalue weighted by Gasteiger charge is -2.18. The molecule has 0 saturated heterocycles. The molecule has 0 amide bonds. The summed E-state index contributed by atoms with van der Waals surface area (Å²) in [6.45, 7) is 6.58. The van der Waals surface area contributed by atoms with Gasteiger partial charge >= 0.3 is 17.9 Å². The summed E-state index contributed by atoms with van der Waals surface area (Å²) in [4.78, 5) is 38.2. The minimum atomic E-state index is -0.788. The monoisotopic (exact) mass is 991 g/mol. The Kier molecular flexibility index (Phi) is 56.8. The molecule has 410 valence electrons. The highest BCUT2D eigenvalue weighted by Crippen LogP contribution is 2.15. The molecule has 0 heterocycles. The first-order valence-electron chi connectivity index (χ1n) is 30.4. The fraction of sp³-hybridized carbons (Fsp3) is 0.769. The van der Waals surface area contributed by atoms with Crippen LogP contribution in [0, 0.1) is 0 Å². The van der Waals surface area contributed by atoms with E-state index in [0.29, 0.717) is 19.3 Å². The lowest BCUT2D eigenvalue weighted by molar-refractivity contribution is -0.167. The summed E-state index contributed by atoms with van der Waals surface area (Å²) < 4.78 is 16.9. The Morgan fingerprint density at radius 3 is 0.803 bits per heavy atom. The molecule has 0 saturated carbocycles. The standard InChI is InChI=1S/C65H114O6/c1-4-7-10-13-16-19-22-25-28-30-31-32-33-35-37-40-43-46-49-52-55-58-64(67)70-61-62(60-69-63(66)57-54-51-48-45-42-39-36-27-24-21-18-15-12-9-6-3)71-65(68)59-56-53-50-47-44-41-38-34-29-26-23-20-17-14-11-8-5-2/h17-18,20-22,25-27,29-31,36,62H,4-16,19,23-24,28,32-35,37-61H2,1-3H3/b20-17-,21-18-,25-22-,29-26-,31-30-,36-27-. The van der Waals surface area contributed by atoms with Crippen LogP contribution >= 0.6 is 0 Å². The third kappa shape index (κ3) is 57.6. The molecule has 0 aromatic rings. The van der Waals surface area contributed by atoms with E-state index < -0.39 is 6.10 Å². The molecule has 1 atom stereocenters. The Bertz CT molecular complexity index is 1320. The number of carbonyl (C=O) groups excluding carboxylic acids is 3. The Balaban J connectivity index is 4.39. The molecule has 0 N–H and O–H groups in total. The molecular formula is C65H114O6. The SMILES string of the molecule is CCCCC/C=C\C/C=C\CCCCCCCCCC(=O)OC(COC(=O)CCCCCCC/C=C\C/C=C\CCCCC)COC(=O)CCCCCCCCCCC/C=C\C/C=C\CCCCCCC. The van der Waals surface area contributed by atoms with E-state index in [4.69, 9.17) is 14.2 Å². The van der Waals surface area contributed by atoms with E-state index in [1.807, 2.05) is 0 Å². The van der Waals surface area contributed by atoms with Crippen molar-refractivity contribution in [2.75, 3.05) is 13.2 Å². The van der Waals surface area contributed by atoms with E-state index in [1.165, 1.54) is 167 Å². The van der Waals surface area contributed by atoms with Gasteiger partial charge in [0.15, 0.2) is 6.10 Å². The first-order chi connectivity index (χ1) is 35.0. The second kappa shape index (κ2) is 59.4. The predicted octanol–water partition coefficient (Wildman–Crippen LogP) is 20.5. The van der Waals surface area contributed by atoms with Crippen molar-refractivity contribution in [3.05, 3.63) is 72.9 Å². The van der Waals surface area contributed by atoms with Gasteiger partial charge in [0.25, 0.3) is 0 Å². The fourth-order valence-electron chi connectivity index (χ4n) is 8.53. The molecule has 0 radical (unpaired) electrons. The van der Waals surface area contributed by atoms with E-state index in [9.17, 15) is 14.4 Å². The number of carbonyl (C=O) groups is 3. The molecule has 6 nitrogen and oxygen atoms in total. The normalized spacial score (nSPS) is 12.5. The van der Waals surface area contributed by atoms with Gasteiger partial charge in [0.2, 0.25) is 0 Å². The number of rotatable bonds is 55. The van der Waals surface area contributed by atoms with Crippen molar-refractivity contribution in [1.29, 1.82) is 0 Å². The smallest absolute Gasteiger partial charge is 0.306 e. The minimum absolute atomic E-state index is 0.0847. The lowest BCUT2D eigenvalue weighted by atomic mass is 10.1. The maximum Gasteiger partial charge on any atom is 0.306 e. The molecule has 0 rings (SSSR count).